The molecule has 0 saturated heterocycles. The Morgan fingerprint density at radius 3 is 2.44 bits per heavy atom. The number of hydrogen-bond acceptors (Lipinski definition) is 5. The first kappa shape index (κ1) is 18.7. The van der Waals surface area contributed by atoms with Crippen molar-refractivity contribution in [3.63, 3.8) is 0 Å². The number of rotatable bonds is 5. The molecule has 2 aromatic carbocycles. The Labute approximate surface area is 158 Å². The van der Waals surface area contributed by atoms with Crippen LogP contribution < -0.4 is 5.32 Å². The van der Waals surface area contributed by atoms with Gasteiger partial charge in [-0.25, -0.2) is 8.42 Å². The summed E-state index contributed by atoms with van der Waals surface area (Å²) in [6, 6.07) is 17.6. The maximum atomic E-state index is 12.5. The van der Waals surface area contributed by atoms with Gasteiger partial charge in [0.25, 0.3) is 5.91 Å². The van der Waals surface area contributed by atoms with Gasteiger partial charge in [0, 0.05) is 16.8 Å². The van der Waals surface area contributed by atoms with Gasteiger partial charge in [0.15, 0.2) is 14.9 Å². The molecule has 138 valence electrons. The molecule has 0 saturated carbocycles. The molecule has 27 heavy (non-hydrogen) atoms. The van der Waals surface area contributed by atoms with Crippen LogP contribution in [0.2, 0.25) is 0 Å². The molecule has 0 radical (unpaired) electrons. The smallest absolute Gasteiger partial charge is 0.255 e. The summed E-state index contributed by atoms with van der Waals surface area (Å²) in [6.07, 6.45) is 0. The van der Waals surface area contributed by atoms with E-state index in [1.54, 1.807) is 37.3 Å². The van der Waals surface area contributed by atoms with Crippen molar-refractivity contribution in [2.45, 2.75) is 18.9 Å². The highest BCUT2D eigenvalue weighted by atomic mass is 32.2. The lowest BCUT2D eigenvalue weighted by atomic mass is 10.1. The molecule has 0 atom stereocenters. The third-order valence-corrected chi connectivity index (χ3v) is 5.76. The second-order valence-electron chi connectivity index (χ2n) is 6.01. The SMILES string of the molecule is CCS(=O)(=O)c1ccc(-c2cccc(NC(=O)c3ccccc3C)c2)nn1. The lowest BCUT2D eigenvalue weighted by Gasteiger charge is -2.09. The Kier molecular flexibility index (Phi) is 5.32. The fourth-order valence-corrected chi connectivity index (χ4v) is 3.31. The maximum Gasteiger partial charge on any atom is 0.255 e. The van der Waals surface area contributed by atoms with Gasteiger partial charge >= 0.3 is 0 Å². The van der Waals surface area contributed by atoms with Crippen molar-refractivity contribution >= 4 is 21.4 Å². The van der Waals surface area contributed by atoms with Gasteiger partial charge in [-0.15, -0.1) is 10.2 Å². The third-order valence-electron chi connectivity index (χ3n) is 4.14. The van der Waals surface area contributed by atoms with Crippen molar-refractivity contribution in [1.29, 1.82) is 0 Å². The van der Waals surface area contributed by atoms with Crippen LogP contribution in [0.15, 0.2) is 65.7 Å². The Balaban J connectivity index is 1.84. The molecule has 0 aliphatic carbocycles. The van der Waals surface area contributed by atoms with E-state index in [1.807, 2.05) is 31.2 Å². The van der Waals surface area contributed by atoms with E-state index in [0.717, 1.165) is 11.1 Å². The van der Waals surface area contributed by atoms with E-state index in [-0.39, 0.29) is 16.7 Å². The van der Waals surface area contributed by atoms with Gasteiger partial charge < -0.3 is 5.32 Å². The van der Waals surface area contributed by atoms with Gasteiger partial charge in [0.05, 0.1) is 11.4 Å². The molecular weight excluding hydrogens is 362 g/mol. The van der Waals surface area contributed by atoms with Crippen LogP contribution in [0.4, 0.5) is 5.69 Å². The zero-order valence-electron chi connectivity index (χ0n) is 15.0. The number of carbonyl (C=O) groups excluding carboxylic acids is 1. The number of aryl methyl sites for hydroxylation is 1. The van der Waals surface area contributed by atoms with Crippen molar-refractivity contribution in [1.82, 2.24) is 10.2 Å². The molecule has 1 heterocycles. The molecule has 6 nitrogen and oxygen atoms in total. The van der Waals surface area contributed by atoms with E-state index >= 15 is 0 Å². The standard InChI is InChI=1S/C20H19N3O3S/c1-3-27(25,26)19-12-11-18(22-23-19)15-8-6-9-16(13-15)21-20(24)17-10-5-4-7-14(17)2/h4-13H,3H2,1-2H3,(H,21,24). The first-order chi connectivity index (χ1) is 12.9. The van der Waals surface area contributed by atoms with Crippen molar-refractivity contribution in [3.05, 3.63) is 71.8 Å². The molecular formula is C20H19N3O3S. The topological polar surface area (TPSA) is 89.0 Å². The predicted octanol–water partition coefficient (Wildman–Crippen LogP) is 3.50. The van der Waals surface area contributed by atoms with Gasteiger partial charge in [0.1, 0.15) is 0 Å². The number of anilines is 1. The first-order valence-corrected chi connectivity index (χ1v) is 10.1. The number of nitrogens with zero attached hydrogens (tertiary/aromatic N) is 2. The van der Waals surface area contributed by atoms with E-state index in [1.165, 1.54) is 6.07 Å². The molecule has 0 aliphatic rings. The van der Waals surface area contributed by atoms with E-state index < -0.39 is 9.84 Å². The summed E-state index contributed by atoms with van der Waals surface area (Å²) in [6.45, 7) is 3.44. The summed E-state index contributed by atoms with van der Waals surface area (Å²) in [4.78, 5) is 12.5. The van der Waals surface area contributed by atoms with E-state index in [2.05, 4.69) is 15.5 Å². The highest BCUT2D eigenvalue weighted by Gasteiger charge is 2.14. The summed E-state index contributed by atoms with van der Waals surface area (Å²) in [5.74, 6) is -0.220. The third kappa shape index (κ3) is 4.20. The zero-order valence-corrected chi connectivity index (χ0v) is 15.8. The van der Waals surface area contributed by atoms with E-state index in [4.69, 9.17) is 0 Å². The van der Waals surface area contributed by atoms with Gasteiger partial charge in [-0.05, 0) is 42.8 Å². The Morgan fingerprint density at radius 1 is 1.00 bits per heavy atom. The average Bonchev–Trinajstić information content (AvgIpc) is 2.68. The second kappa shape index (κ2) is 7.67. The first-order valence-electron chi connectivity index (χ1n) is 8.44. The summed E-state index contributed by atoms with van der Waals surface area (Å²) >= 11 is 0. The largest absolute Gasteiger partial charge is 0.322 e. The number of benzene rings is 2. The second-order valence-corrected chi connectivity index (χ2v) is 8.24. The summed E-state index contributed by atoms with van der Waals surface area (Å²) in [5, 5.41) is 10.7. The lowest BCUT2D eigenvalue weighted by Crippen LogP contribution is -2.13. The summed E-state index contributed by atoms with van der Waals surface area (Å²) in [7, 11) is -3.39. The minimum absolute atomic E-state index is 0.0263. The maximum absolute atomic E-state index is 12.5. The predicted molar refractivity (Wildman–Crippen MR) is 104 cm³/mol. The van der Waals surface area contributed by atoms with Crippen LogP contribution in [0.25, 0.3) is 11.3 Å². The number of nitrogens with one attached hydrogen (secondary N) is 1. The highest BCUT2D eigenvalue weighted by molar-refractivity contribution is 7.91. The molecule has 0 unspecified atom stereocenters. The van der Waals surface area contributed by atoms with Crippen LogP contribution in [-0.2, 0) is 9.84 Å². The van der Waals surface area contributed by atoms with Crippen LogP contribution in [0.5, 0.6) is 0 Å². The highest BCUT2D eigenvalue weighted by Crippen LogP contribution is 2.22. The van der Waals surface area contributed by atoms with Gasteiger partial charge in [-0.3, -0.25) is 4.79 Å². The van der Waals surface area contributed by atoms with Crippen LogP contribution >= 0.6 is 0 Å². The van der Waals surface area contributed by atoms with Crippen molar-refractivity contribution in [2.75, 3.05) is 11.1 Å². The molecule has 1 amide bonds. The van der Waals surface area contributed by atoms with Gasteiger partial charge in [-0.1, -0.05) is 37.3 Å². The van der Waals surface area contributed by atoms with Crippen LogP contribution in [0, 0.1) is 6.92 Å². The molecule has 0 fully saturated rings. The average molecular weight is 381 g/mol. The fourth-order valence-electron chi connectivity index (χ4n) is 2.57. The molecule has 0 aliphatic heterocycles. The molecule has 7 heteroatoms. The Bertz CT molecular complexity index is 1080. The van der Waals surface area contributed by atoms with Gasteiger partial charge in [-0.2, -0.15) is 0 Å². The summed E-state index contributed by atoms with van der Waals surface area (Å²) in [5.41, 5.74) is 3.37. The number of aromatic nitrogens is 2. The minimum atomic E-state index is -3.39. The van der Waals surface area contributed by atoms with E-state index in [9.17, 15) is 13.2 Å². The molecule has 0 bridgehead atoms. The molecule has 1 aromatic heterocycles. The number of carbonyl (C=O) groups is 1. The number of hydrogen-bond donors (Lipinski definition) is 1. The fraction of sp³-hybridized carbons (Fsp3) is 0.150. The minimum Gasteiger partial charge on any atom is -0.322 e. The molecule has 3 aromatic rings. The van der Waals surface area contributed by atoms with Crippen LogP contribution in [0.3, 0.4) is 0 Å². The molecule has 1 N–H and O–H groups in total. The molecule has 3 rings (SSSR count). The van der Waals surface area contributed by atoms with Crippen LogP contribution in [0.1, 0.15) is 22.8 Å². The van der Waals surface area contributed by atoms with Crippen molar-refractivity contribution < 1.29 is 13.2 Å². The quantitative estimate of drug-likeness (QED) is 0.731. The Morgan fingerprint density at radius 2 is 1.78 bits per heavy atom. The van der Waals surface area contributed by atoms with E-state index in [0.29, 0.717) is 16.9 Å². The lowest BCUT2D eigenvalue weighted by molar-refractivity contribution is 0.102. The zero-order chi connectivity index (χ0) is 19.4. The summed E-state index contributed by atoms with van der Waals surface area (Å²) < 4.78 is 23.7. The van der Waals surface area contributed by atoms with Crippen molar-refractivity contribution in [3.8, 4) is 11.3 Å². The van der Waals surface area contributed by atoms with Crippen LogP contribution in [-0.4, -0.2) is 30.3 Å². The van der Waals surface area contributed by atoms with Crippen molar-refractivity contribution in [2.24, 2.45) is 0 Å². The number of sulfone groups is 1. The normalized spacial score (nSPS) is 11.2. The van der Waals surface area contributed by atoms with Gasteiger partial charge in [0.2, 0.25) is 0 Å². The Hall–Kier alpha value is -3.06. The monoisotopic (exact) mass is 381 g/mol. The molecule has 0 spiro atoms. The number of amides is 1.